The molecule has 4 rings (SSSR count). The summed E-state index contributed by atoms with van der Waals surface area (Å²) in [6.07, 6.45) is 3.15. The molecule has 2 aromatic heterocycles. The molecule has 0 atom stereocenters. The minimum absolute atomic E-state index is 0.362. The number of aryl methyl sites for hydroxylation is 3. The van der Waals surface area contributed by atoms with Gasteiger partial charge in [0.2, 0.25) is 10.0 Å². The molecule has 35 heavy (non-hydrogen) atoms. The monoisotopic (exact) mass is 575 g/mol. The van der Waals surface area contributed by atoms with E-state index in [0.29, 0.717) is 35.1 Å². The van der Waals surface area contributed by atoms with Crippen molar-refractivity contribution in [2.45, 2.75) is 38.5 Å². The zero-order valence-corrected chi connectivity index (χ0v) is 22.9. The number of hydrogen-bond acceptors (Lipinski definition) is 5. The maximum absolute atomic E-state index is 12.8. The molecular weight excluding hydrogens is 550 g/mol. The van der Waals surface area contributed by atoms with Gasteiger partial charge in [0.15, 0.2) is 5.65 Å². The molecule has 0 fully saturated rings. The van der Waals surface area contributed by atoms with Crippen LogP contribution in [0.3, 0.4) is 0 Å². The minimum atomic E-state index is -3.55. The standard InChI is InChI=1S/C25H27BrClN5O2S/c1-16-12-17(2)24(18(3)13-16)35(33,34)30-11-7-6-10-28-23-14-22(19-8-4-5-9-21(19)27)31-25-20(26)15-29-32(23)25/h4-5,8-9,12-15,28,30H,6-7,10-11H2,1-3H3. The zero-order chi connectivity index (χ0) is 25.2. The van der Waals surface area contributed by atoms with Crippen LogP contribution in [0.2, 0.25) is 5.02 Å². The summed E-state index contributed by atoms with van der Waals surface area (Å²) in [7, 11) is -3.55. The van der Waals surface area contributed by atoms with E-state index >= 15 is 0 Å². The van der Waals surface area contributed by atoms with Crippen molar-refractivity contribution in [3.05, 3.63) is 74.8 Å². The first-order chi connectivity index (χ1) is 16.7. The molecule has 0 unspecified atom stereocenters. The Hall–Kier alpha value is -2.46. The summed E-state index contributed by atoms with van der Waals surface area (Å²) in [6.45, 7) is 6.63. The van der Waals surface area contributed by atoms with Crippen molar-refractivity contribution in [2.75, 3.05) is 18.4 Å². The molecule has 2 aromatic carbocycles. The van der Waals surface area contributed by atoms with Crippen LogP contribution in [0, 0.1) is 20.8 Å². The molecule has 4 aromatic rings. The normalized spacial score (nSPS) is 11.8. The van der Waals surface area contributed by atoms with Crippen LogP contribution in [0.15, 0.2) is 58.0 Å². The highest BCUT2D eigenvalue weighted by molar-refractivity contribution is 9.10. The molecular formula is C25H27BrClN5O2S. The minimum Gasteiger partial charge on any atom is -0.370 e. The first kappa shape index (κ1) is 25.6. The van der Waals surface area contributed by atoms with Crippen LogP contribution in [0.1, 0.15) is 29.5 Å². The highest BCUT2D eigenvalue weighted by Gasteiger charge is 2.19. The third-order valence-corrected chi connectivity index (χ3v) is 8.31. The quantitative estimate of drug-likeness (QED) is 0.242. The fraction of sp³-hybridized carbons (Fsp3) is 0.280. The number of nitrogens with one attached hydrogen (secondary N) is 2. The molecule has 0 amide bonds. The van der Waals surface area contributed by atoms with E-state index in [-0.39, 0.29) is 0 Å². The second kappa shape index (κ2) is 10.7. The fourth-order valence-corrected chi connectivity index (χ4v) is 6.31. The second-order valence-electron chi connectivity index (χ2n) is 8.49. The number of anilines is 1. The number of unbranched alkanes of at least 4 members (excludes halogenated alkanes) is 1. The van der Waals surface area contributed by atoms with Crippen LogP contribution < -0.4 is 10.0 Å². The van der Waals surface area contributed by atoms with Crippen molar-refractivity contribution in [2.24, 2.45) is 0 Å². The predicted molar refractivity (Wildman–Crippen MR) is 145 cm³/mol. The Morgan fingerprint density at radius 3 is 2.43 bits per heavy atom. The first-order valence-electron chi connectivity index (χ1n) is 11.3. The summed E-state index contributed by atoms with van der Waals surface area (Å²) >= 11 is 9.90. The molecule has 0 bridgehead atoms. The van der Waals surface area contributed by atoms with Crippen LogP contribution in [0.5, 0.6) is 0 Å². The fourth-order valence-electron chi connectivity index (χ4n) is 4.20. The molecule has 184 valence electrons. The summed E-state index contributed by atoms with van der Waals surface area (Å²) in [5.74, 6) is 0.780. The van der Waals surface area contributed by atoms with Gasteiger partial charge in [-0.1, -0.05) is 47.5 Å². The zero-order valence-electron chi connectivity index (χ0n) is 19.8. The van der Waals surface area contributed by atoms with Crippen molar-refractivity contribution in [3.63, 3.8) is 0 Å². The van der Waals surface area contributed by atoms with E-state index < -0.39 is 10.0 Å². The Balaban J connectivity index is 1.40. The lowest BCUT2D eigenvalue weighted by atomic mass is 10.1. The van der Waals surface area contributed by atoms with Crippen LogP contribution in [0.25, 0.3) is 16.9 Å². The van der Waals surface area contributed by atoms with Crippen molar-refractivity contribution < 1.29 is 8.42 Å². The van der Waals surface area contributed by atoms with Gasteiger partial charge in [-0.05, 0) is 66.7 Å². The Morgan fingerprint density at radius 1 is 1.03 bits per heavy atom. The number of fused-ring (bicyclic) bond motifs is 1. The summed E-state index contributed by atoms with van der Waals surface area (Å²) < 4.78 is 30.9. The van der Waals surface area contributed by atoms with Gasteiger partial charge in [0.1, 0.15) is 5.82 Å². The smallest absolute Gasteiger partial charge is 0.241 e. The lowest BCUT2D eigenvalue weighted by Gasteiger charge is -2.14. The van der Waals surface area contributed by atoms with Gasteiger partial charge < -0.3 is 5.32 Å². The lowest BCUT2D eigenvalue weighted by Crippen LogP contribution is -2.26. The molecule has 0 aliphatic rings. The van der Waals surface area contributed by atoms with Gasteiger partial charge in [-0.25, -0.2) is 18.1 Å². The lowest BCUT2D eigenvalue weighted by molar-refractivity contribution is 0.576. The molecule has 0 aliphatic heterocycles. The SMILES string of the molecule is Cc1cc(C)c(S(=O)(=O)NCCCCNc2cc(-c3ccccc3Cl)nc3c(Br)cnn23)c(C)c1. The number of halogens is 2. The summed E-state index contributed by atoms with van der Waals surface area (Å²) in [5, 5.41) is 8.43. The van der Waals surface area contributed by atoms with E-state index in [1.165, 1.54) is 0 Å². The van der Waals surface area contributed by atoms with Crippen molar-refractivity contribution in [3.8, 4) is 11.3 Å². The topological polar surface area (TPSA) is 88.4 Å². The van der Waals surface area contributed by atoms with Gasteiger partial charge in [0.25, 0.3) is 0 Å². The van der Waals surface area contributed by atoms with Gasteiger partial charge in [-0.2, -0.15) is 9.61 Å². The molecule has 7 nitrogen and oxygen atoms in total. The van der Waals surface area contributed by atoms with Crippen molar-refractivity contribution in [1.29, 1.82) is 0 Å². The molecule has 0 saturated carbocycles. The van der Waals surface area contributed by atoms with Crippen molar-refractivity contribution >= 4 is 49.0 Å². The maximum Gasteiger partial charge on any atom is 0.241 e. The molecule has 10 heteroatoms. The van der Waals surface area contributed by atoms with E-state index in [1.54, 1.807) is 10.7 Å². The molecule has 0 saturated heterocycles. The van der Waals surface area contributed by atoms with E-state index in [1.807, 2.05) is 63.2 Å². The Morgan fingerprint density at radius 2 is 1.71 bits per heavy atom. The molecule has 0 aliphatic carbocycles. The third-order valence-electron chi connectivity index (χ3n) is 5.65. The molecule has 2 heterocycles. The van der Waals surface area contributed by atoms with E-state index in [4.69, 9.17) is 16.6 Å². The Bertz CT molecular complexity index is 1460. The summed E-state index contributed by atoms with van der Waals surface area (Å²) in [6, 6.07) is 13.3. The number of rotatable bonds is 9. The average Bonchev–Trinajstić information content (AvgIpc) is 3.16. The Kier molecular flexibility index (Phi) is 7.80. The van der Waals surface area contributed by atoms with Gasteiger partial charge >= 0.3 is 0 Å². The third kappa shape index (κ3) is 5.69. The summed E-state index contributed by atoms with van der Waals surface area (Å²) in [5.41, 5.74) is 4.84. The van der Waals surface area contributed by atoms with Crippen LogP contribution in [0.4, 0.5) is 5.82 Å². The number of sulfonamides is 1. The van der Waals surface area contributed by atoms with Gasteiger partial charge in [-0.15, -0.1) is 0 Å². The molecule has 0 spiro atoms. The van der Waals surface area contributed by atoms with Gasteiger partial charge in [0.05, 0.1) is 21.3 Å². The van der Waals surface area contributed by atoms with Gasteiger partial charge in [-0.3, -0.25) is 0 Å². The number of benzene rings is 2. The summed E-state index contributed by atoms with van der Waals surface area (Å²) in [4.78, 5) is 5.08. The number of hydrogen-bond donors (Lipinski definition) is 2. The predicted octanol–water partition coefficient (Wildman–Crippen LogP) is 5.91. The van der Waals surface area contributed by atoms with E-state index in [9.17, 15) is 8.42 Å². The van der Waals surface area contributed by atoms with Crippen LogP contribution in [-0.4, -0.2) is 36.1 Å². The average molecular weight is 577 g/mol. The maximum atomic E-state index is 12.8. The van der Waals surface area contributed by atoms with Gasteiger partial charge in [0, 0.05) is 29.7 Å². The number of nitrogens with zero attached hydrogens (tertiary/aromatic N) is 3. The molecule has 0 radical (unpaired) electrons. The van der Waals surface area contributed by atoms with Crippen LogP contribution in [-0.2, 0) is 10.0 Å². The van der Waals surface area contributed by atoms with E-state index in [0.717, 1.165) is 44.7 Å². The van der Waals surface area contributed by atoms with E-state index in [2.05, 4.69) is 31.1 Å². The number of aromatic nitrogens is 3. The van der Waals surface area contributed by atoms with Crippen molar-refractivity contribution in [1.82, 2.24) is 19.3 Å². The molecule has 2 N–H and O–H groups in total. The largest absolute Gasteiger partial charge is 0.370 e. The highest BCUT2D eigenvalue weighted by atomic mass is 79.9. The second-order valence-corrected chi connectivity index (χ2v) is 11.5. The highest BCUT2D eigenvalue weighted by Crippen LogP contribution is 2.30. The first-order valence-corrected chi connectivity index (χ1v) is 13.9. The van der Waals surface area contributed by atoms with Crippen LogP contribution >= 0.6 is 27.5 Å². The Labute approximate surface area is 219 Å².